The molecule has 0 aliphatic heterocycles. The fourth-order valence-corrected chi connectivity index (χ4v) is 4.69. The lowest BCUT2D eigenvalue weighted by atomic mass is 9.83. The van der Waals surface area contributed by atoms with Gasteiger partial charge in [0.15, 0.2) is 0 Å². The Bertz CT molecular complexity index is 401. The summed E-state index contributed by atoms with van der Waals surface area (Å²) in [7, 11) is 0. The second-order valence-electron chi connectivity index (χ2n) is 6.01. The van der Waals surface area contributed by atoms with Crippen molar-refractivity contribution in [3.8, 4) is 0 Å². The van der Waals surface area contributed by atoms with Gasteiger partial charge in [0.25, 0.3) is 0 Å². The van der Waals surface area contributed by atoms with Crippen molar-refractivity contribution in [3.63, 3.8) is 0 Å². The molecule has 3 unspecified atom stereocenters. The summed E-state index contributed by atoms with van der Waals surface area (Å²) in [6.45, 7) is 8.88. The van der Waals surface area contributed by atoms with E-state index >= 15 is 0 Å². The van der Waals surface area contributed by atoms with Gasteiger partial charge in [-0.2, -0.15) is 0 Å². The molecule has 0 spiro atoms. The van der Waals surface area contributed by atoms with Gasteiger partial charge in [-0.15, -0.1) is 11.3 Å². The summed E-state index contributed by atoms with van der Waals surface area (Å²) in [6.07, 6.45) is 6.53. The van der Waals surface area contributed by atoms with Crippen LogP contribution in [-0.4, -0.2) is 24.0 Å². The highest BCUT2D eigenvalue weighted by Crippen LogP contribution is 2.35. The lowest BCUT2D eigenvalue weighted by Crippen LogP contribution is -2.45. The molecule has 1 aliphatic rings. The second kappa shape index (κ2) is 7.58. The third kappa shape index (κ3) is 3.44. The number of hydrogen-bond donors (Lipinski definition) is 1. The molecule has 20 heavy (non-hydrogen) atoms. The molecule has 0 radical (unpaired) electrons. The average Bonchev–Trinajstić information content (AvgIpc) is 2.97. The van der Waals surface area contributed by atoms with Crippen molar-refractivity contribution in [1.29, 1.82) is 0 Å². The number of nitrogens with zero attached hydrogens (tertiary/aromatic N) is 1. The Morgan fingerprint density at radius 2 is 2.05 bits per heavy atom. The third-order valence-electron chi connectivity index (χ3n) is 4.90. The van der Waals surface area contributed by atoms with E-state index in [1.165, 1.54) is 35.4 Å². The number of hydrogen-bond acceptors (Lipinski definition) is 3. The van der Waals surface area contributed by atoms with Crippen LogP contribution in [0, 0.1) is 5.92 Å². The Kier molecular flexibility index (Phi) is 6.06. The highest BCUT2D eigenvalue weighted by atomic mass is 32.1. The second-order valence-corrected chi connectivity index (χ2v) is 7.21. The van der Waals surface area contributed by atoms with Gasteiger partial charge >= 0.3 is 0 Å². The molecule has 114 valence electrons. The number of thiophene rings is 1. The molecule has 2 N–H and O–H groups in total. The molecule has 3 heteroatoms. The van der Waals surface area contributed by atoms with Crippen molar-refractivity contribution < 1.29 is 0 Å². The van der Waals surface area contributed by atoms with Gasteiger partial charge in [0.2, 0.25) is 0 Å². The molecule has 1 aromatic rings. The SMILES string of the molecule is CCc1ccc(C(C)N(CC)C2CCCCC2CN)s1. The van der Waals surface area contributed by atoms with Crippen molar-refractivity contribution in [2.45, 2.75) is 65.0 Å². The molecule has 2 nitrogen and oxygen atoms in total. The van der Waals surface area contributed by atoms with E-state index in [1.54, 1.807) is 0 Å². The summed E-state index contributed by atoms with van der Waals surface area (Å²) < 4.78 is 0. The molecule has 0 amide bonds. The Hall–Kier alpha value is -0.380. The van der Waals surface area contributed by atoms with Crippen LogP contribution in [0.15, 0.2) is 12.1 Å². The van der Waals surface area contributed by atoms with E-state index < -0.39 is 0 Å². The summed E-state index contributed by atoms with van der Waals surface area (Å²) in [6, 6.07) is 5.84. The first-order chi connectivity index (χ1) is 9.71. The minimum Gasteiger partial charge on any atom is -0.330 e. The number of nitrogens with two attached hydrogens (primary N) is 1. The normalized spacial score (nSPS) is 25.1. The first kappa shape index (κ1) is 16.0. The molecular formula is C17H30N2S. The molecule has 0 saturated heterocycles. The maximum atomic E-state index is 6.03. The molecule has 0 aromatic carbocycles. The highest BCUT2D eigenvalue weighted by molar-refractivity contribution is 7.12. The molecular weight excluding hydrogens is 264 g/mol. The zero-order valence-corrected chi connectivity index (χ0v) is 14.1. The molecule has 2 rings (SSSR count). The molecule has 1 heterocycles. The zero-order valence-electron chi connectivity index (χ0n) is 13.3. The zero-order chi connectivity index (χ0) is 14.5. The van der Waals surface area contributed by atoms with Gasteiger partial charge in [0.1, 0.15) is 0 Å². The molecule has 3 atom stereocenters. The van der Waals surface area contributed by atoms with Crippen LogP contribution in [0.3, 0.4) is 0 Å². The lowest BCUT2D eigenvalue weighted by Gasteiger charge is -2.42. The molecule has 1 aromatic heterocycles. The summed E-state index contributed by atoms with van der Waals surface area (Å²) in [5.74, 6) is 0.691. The van der Waals surface area contributed by atoms with E-state index in [-0.39, 0.29) is 0 Å². The number of rotatable bonds is 6. The monoisotopic (exact) mass is 294 g/mol. The van der Waals surface area contributed by atoms with Gasteiger partial charge in [-0.05, 0) is 57.3 Å². The van der Waals surface area contributed by atoms with Crippen molar-refractivity contribution in [2.75, 3.05) is 13.1 Å². The lowest BCUT2D eigenvalue weighted by molar-refractivity contribution is 0.0783. The predicted octanol–water partition coefficient (Wildman–Crippen LogP) is 4.21. The van der Waals surface area contributed by atoms with Gasteiger partial charge in [0, 0.05) is 21.8 Å². The van der Waals surface area contributed by atoms with Crippen LogP contribution in [0.4, 0.5) is 0 Å². The first-order valence-corrected chi connectivity index (χ1v) is 9.07. The standard InChI is InChI=1S/C17H30N2S/c1-4-15-10-11-17(20-15)13(3)19(5-2)16-9-7-6-8-14(16)12-18/h10-11,13-14,16H,4-9,12,18H2,1-3H3. The van der Waals surface area contributed by atoms with E-state index in [1.807, 2.05) is 11.3 Å². The Morgan fingerprint density at radius 3 is 2.65 bits per heavy atom. The van der Waals surface area contributed by atoms with Crippen LogP contribution in [0.2, 0.25) is 0 Å². The summed E-state index contributed by atoms with van der Waals surface area (Å²) in [5, 5.41) is 0. The van der Waals surface area contributed by atoms with E-state index in [0.29, 0.717) is 18.0 Å². The Balaban J connectivity index is 2.13. The average molecular weight is 295 g/mol. The fraction of sp³-hybridized carbons (Fsp3) is 0.765. The van der Waals surface area contributed by atoms with E-state index in [2.05, 4.69) is 37.8 Å². The quantitative estimate of drug-likeness (QED) is 0.851. The minimum absolute atomic E-state index is 0.530. The van der Waals surface area contributed by atoms with E-state index in [9.17, 15) is 0 Å². The van der Waals surface area contributed by atoms with E-state index in [4.69, 9.17) is 5.73 Å². The maximum absolute atomic E-state index is 6.03. The molecule has 1 aliphatic carbocycles. The van der Waals surface area contributed by atoms with Gasteiger partial charge < -0.3 is 5.73 Å². The fourth-order valence-electron chi connectivity index (χ4n) is 3.67. The van der Waals surface area contributed by atoms with Crippen molar-refractivity contribution in [3.05, 3.63) is 21.9 Å². The summed E-state index contributed by atoms with van der Waals surface area (Å²) in [4.78, 5) is 5.72. The van der Waals surface area contributed by atoms with Crippen molar-refractivity contribution in [1.82, 2.24) is 4.90 Å². The summed E-state index contributed by atoms with van der Waals surface area (Å²) >= 11 is 1.98. The van der Waals surface area contributed by atoms with Crippen LogP contribution in [0.5, 0.6) is 0 Å². The number of aryl methyl sites for hydroxylation is 1. The van der Waals surface area contributed by atoms with Crippen LogP contribution in [0.1, 0.15) is 62.3 Å². The van der Waals surface area contributed by atoms with Crippen molar-refractivity contribution >= 4 is 11.3 Å². The van der Waals surface area contributed by atoms with Gasteiger partial charge in [-0.3, -0.25) is 4.90 Å². The largest absolute Gasteiger partial charge is 0.330 e. The van der Waals surface area contributed by atoms with E-state index in [0.717, 1.165) is 19.5 Å². The van der Waals surface area contributed by atoms with Crippen LogP contribution < -0.4 is 5.73 Å². The molecule has 1 saturated carbocycles. The smallest absolute Gasteiger partial charge is 0.0416 e. The first-order valence-electron chi connectivity index (χ1n) is 8.25. The van der Waals surface area contributed by atoms with Crippen LogP contribution in [-0.2, 0) is 6.42 Å². The Labute approximate surface area is 128 Å². The van der Waals surface area contributed by atoms with Gasteiger partial charge in [0.05, 0.1) is 0 Å². The molecule has 0 bridgehead atoms. The Morgan fingerprint density at radius 1 is 1.30 bits per heavy atom. The third-order valence-corrected chi connectivity index (χ3v) is 6.30. The molecule has 1 fully saturated rings. The van der Waals surface area contributed by atoms with Crippen LogP contribution >= 0.6 is 11.3 Å². The topological polar surface area (TPSA) is 29.3 Å². The highest BCUT2D eigenvalue weighted by Gasteiger charge is 2.31. The predicted molar refractivity (Wildman–Crippen MR) is 89.3 cm³/mol. The maximum Gasteiger partial charge on any atom is 0.0416 e. The van der Waals surface area contributed by atoms with Gasteiger partial charge in [-0.1, -0.05) is 26.7 Å². The van der Waals surface area contributed by atoms with Gasteiger partial charge in [-0.25, -0.2) is 0 Å². The van der Waals surface area contributed by atoms with Crippen molar-refractivity contribution in [2.24, 2.45) is 11.7 Å². The minimum atomic E-state index is 0.530. The van der Waals surface area contributed by atoms with Crippen LogP contribution in [0.25, 0.3) is 0 Å². The summed E-state index contributed by atoms with van der Waals surface area (Å²) in [5.41, 5.74) is 6.03.